The Morgan fingerprint density at radius 2 is 1.81 bits per heavy atom. The van der Waals surface area contributed by atoms with Crippen LogP contribution in [0.4, 0.5) is 17.6 Å². The lowest BCUT2D eigenvalue weighted by atomic mass is 9.99. The normalized spacial score (nSPS) is 12.4. The lowest BCUT2D eigenvalue weighted by Gasteiger charge is -2.20. The molecule has 0 aliphatic rings. The van der Waals surface area contributed by atoms with Gasteiger partial charge < -0.3 is 9.30 Å². The number of benzene rings is 2. The highest BCUT2D eigenvalue weighted by atomic mass is 35.5. The van der Waals surface area contributed by atoms with Gasteiger partial charge in [0.25, 0.3) is 12.0 Å². The minimum Gasteiger partial charge on any atom is -0.495 e. The third-order valence-corrected chi connectivity index (χ3v) is 6.99. The Morgan fingerprint density at radius 1 is 1.02 bits per heavy atom. The van der Waals surface area contributed by atoms with Crippen LogP contribution in [0.3, 0.4) is 0 Å². The van der Waals surface area contributed by atoms with Crippen LogP contribution < -0.4 is 10.3 Å². The van der Waals surface area contributed by atoms with Crippen molar-refractivity contribution < 1.29 is 27.1 Å². The van der Waals surface area contributed by atoms with Gasteiger partial charge in [0.05, 0.1) is 36.7 Å². The van der Waals surface area contributed by atoms with Crippen molar-refractivity contribution in [3.8, 4) is 22.6 Å². The van der Waals surface area contributed by atoms with Gasteiger partial charge in [0, 0.05) is 40.2 Å². The molecule has 0 radical (unpaired) electrons. The average Bonchev–Trinajstić information content (AvgIpc) is 3.62. The number of carbonyl (C=O) groups is 1. The van der Waals surface area contributed by atoms with Gasteiger partial charge in [0.2, 0.25) is 0 Å². The fraction of sp³-hybridized carbons (Fsp3) is 0.250. The highest BCUT2D eigenvalue weighted by molar-refractivity contribution is 6.31. The largest absolute Gasteiger partial charge is 0.495 e. The molecule has 3 aromatic heterocycles. The van der Waals surface area contributed by atoms with Gasteiger partial charge in [-0.1, -0.05) is 29.8 Å². The van der Waals surface area contributed by atoms with Crippen molar-refractivity contribution in [2.24, 2.45) is 0 Å². The van der Waals surface area contributed by atoms with Crippen LogP contribution in [0.15, 0.2) is 65.8 Å². The van der Waals surface area contributed by atoms with E-state index in [1.165, 1.54) is 36.2 Å². The smallest absolute Gasteiger partial charge is 0.333 e. The molecular weight excluding hydrogens is 580 g/mol. The molecule has 5 rings (SSSR count). The van der Waals surface area contributed by atoms with Crippen LogP contribution >= 0.6 is 11.6 Å². The summed E-state index contributed by atoms with van der Waals surface area (Å²) in [6.45, 7) is -1.03. The second-order valence-corrected chi connectivity index (χ2v) is 9.83. The van der Waals surface area contributed by atoms with Gasteiger partial charge in [-0.15, -0.1) is 5.10 Å². The Bertz CT molecular complexity index is 1830. The van der Waals surface area contributed by atoms with E-state index in [1.54, 1.807) is 37.3 Å². The van der Waals surface area contributed by atoms with Crippen molar-refractivity contribution >= 4 is 28.3 Å². The Hall–Kier alpha value is -4.52. The number of ether oxygens (including phenoxy) is 1. The molecule has 0 aliphatic heterocycles. The first-order valence-electron chi connectivity index (χ1n) is 12.7. The second kappa shape index (κ2) is 11.8. The SMILES string of the molecule is CC[C@@H](C(=O)Cc1ccc2nn(C(F)F)cc2c1)n1cc(OC)c(-c2cc(Cl)ccc2-n2cc(C(F)F)nn2)cc1=O. The molecule has 5 aromatic rings. The van der Waals surface area contributed by atoms with E-state index in [9.17, 15) is 27.2 Å². The van der Waals surface area contributed by atoms with Gasteiger partial charge in [-0.25, -0.2) is 18.1 Å². The Labute approximate surface area is 240 Å². The van der Waals surface area contributed by atoms with Gasteiger partial charge >= 0.3 is 6.55 Å². The highest BCUT2D eigenvalue weighted by Gasteiger charge is 2.24. The Balaban J connectivity index is 1.50. The highest BCUT2D eigenvalue weighted by Crippen LogP contribution is 2.36. The maximum Gasteiger partial charge on any atom is 0.333 e. The summed E-state index contributed by atoms with van der Waals surface area (Å²) in [6, 6.07) is 9.85. The Kier molecular flexibility index (Phi) is 8.12. The molecule has 3 heterocycles. The van der Waals surface area contributed by atoms with E-state index >= 15 is 0 Å². The molecule has 0 unspecified atom stereocenters. The van der Waals surface area contributed by atoms with Crippen LogP contribution in [0, 0.1) is 0 Å². The molecule has 0 bridgehead atoms. The van der Waals surface area contributed by atoms with Crippen molar-refractivity contribution in [2.75, 3.05) is 7.11 Å². The molecule has 0 N–H and O–H groups in total. The minimum atomic E-state index is -2.83. The van der Waals surface area contributed by atoms with Crippen LogP contribution in [0.1, 0.15) is 43.6 Å². The predicted octanol–water partition coefficient (Wildman–Crippen LogP) is 6.20. The van der Waals surface area contributed by atoms with E-state index in [-0.39, 0.29) is 24.4 Å². The van der Waals surface area contributed by atoms with E-state index < -0.39 is 30.3 Å². The number of Topliss-reactive ketones (excluding diaryl/α,β-unsaturated/α-hetero) is 1. The van der Waals surface area contributed by atoms with Crippen molar-refractivity contribution in [3.63, 3.8) is 0 Å². The number of nitrogens with zero attached hydrogens (tertiary/aromatic N) is 6. The molecule has 1 atom stereocenters. The minimum absolute atomic E-state index is 0.0535. The van der Waals surface area contributed by atoms with Crippen molar-refractivity contribution in [1.29, 1.82) is 0 Å². The first-order valence-corrected chi connectivity index (χ1v) is 13.1. The summed E-state index contributed by atoms with van der Waals surface area (Å²) >= 11 is 6.24. The zero-order chi connectivity index (χ0) is 30.1. The topological polar surface area (TPSA) is 96.8 Å². The maximum atomic E-state index is 13.4. The van der Waals surface area contributed by atoms with Gasteiger partial charge in [0.15, 0.2) is 5.78 Å². The number of fused-ring (bicyclic) bond motifs is 1. The number of alkyl halides is 4. The summed E-state index contributed by atoms with van der Waals surface area (Å²) in [4.78, 5) is 26.8. The molecule has 0 amide bonds. The molecule has 9 nitrogen and oxygen atoms in total. The predicted molar refractivity (Wildman–Crippen MR) is 147 cm³/mol. The Morgan fingerprint density at radius 3 is 2.48 bits per heavy atom. The average molecular weight is 603 g/mol. The van der Waals surface area contributed by atoms with E-state index in [0.717, 1.165) is 10.9 Å². The first kappa shape index (κ1) is 29.0. The number of rotatable bonds is 10. The maximum absolute atomic E-state index is 13.4. The number of ketones is 1. The molecular formula is C28H23ClF4N6O3. The van der Waals surface area contributed by atoms with Crippen LogP contribution in [0.5, 0.6) is 5.75 Å². The first-order chi connectivity index (χ1) is 20.1. The van der Waals surface area contributed by atoms with Crippen LogP contribution in [0.2, 0.25) is 5.02 Å². The van der Waals surface area contributed by atoms with Gasteiger partial charge in [0.1, 0.15) is 11.4 Å². The third-order valence-electron chi connectivity index (χ3n) is 6.75. The zero-order valence-corrected chi connectivity index (χ0v) is 23.0. The fourth-order valence-electron chi connectivity index (χ4n) is 4.77. The summed E-state index contributed by atoms with van der Waals surface area (Å²) < 4.78 is 60.9. The van der Waals surface area contributed by atoms with E-state index in [4.69, 9.17) is 16.3 Å². The van der Waals surface area contributed by atoms with Crippen molar-refractivity contribution in [1.82, 2.24) is 29.3 Å². The molecule has 0 aliphatic carbocycles. The second-order valence-electron chi connectivity index (χ2n) is 9.40. The zero-order valence-electron chi connectivity index (χ0n) is 22.2. The molecule has 0 saturated heterocycles. The summed E-state index contributed by atoms with van der Waals surface area (Å²) in [5.41, 5.74) is 0.896. The molecule has 0 fully saturated rings. The lowest BCUT2D eigenvalue weighted by Crippen LogP contribution is -2.30. The van der Waals surface area contributed by atoms with Gasteiger partial charge in [-0.05, 0) is 42.3 Å². The third kappa shape index (κ3) is 5.64. The van der Waals surface area contributed by atoms with Gasteiger partial charge in [-0.3, -0.25) is 9.59 Å². The number of hydrogen-bond donors (Lipinski definition) is 0. The number of hydrogen-bond acceptors (Lipinski definition) is 6. The number of carbonyl (C=O) groups excluding carboxylic acids is 1. The van der Waals surface area contributed by atoms with E-state index in [2.05, 4.69) is 15.4 Å². The summed E-state index contributed by atoms with van der Waals surface area (Å²) in [5, 5.41) is 11.9. The van der Waals surface area contributed by atoms with E-state index in [0.29, 0.717) is 43.0 Å². The molecule has 42 heavy (non-hydrogen) atoms. The van der Waals surface area contributed by atoms with Crippen molar-refractivity contribution in [3.05, 3.63) is 87.7 Å². The molecule has 2 aromatic carbocycles. The van der Waals surface area contributed by atoms with Crippen LogP contribution in [-0.4, -0.2) is 42.2 Å². The molecule has 218 valence electrons. The molecule has 14 heteroatoms. The van der Waals surface area contributed by atoms with Crippen molar-refractivity contribution in [2.45, 2.75) is 38.8 Å². The molecule has 0 saturated carbocycles. The van der Waals surface area contributed by atoms with Crippen LogP contribution in [0.25, 0.3) is 27.7 Å². The van der Waals surface area contributed by atoms with E-state index in [1.807, 2.05) is 0 Å². The quantitative estimate of drug-likeness (QED) is 0.177. The van der Waals surface area contributed by atoms with Crippen LogP contribution in [-0.2, 0) is 11.2 Å². The number of pyridine rings is 1. The standard InChI is InChI=1S/C28H23ClF4N6O3/c1-3-22(24(40)9-15-4-6-20-16(8-15)12-39(35-20)28(32)33)37-14-25(42-2)19(11-26(37)41)18-10-17(29)5-7-23(18)38-13-21(27(30)31)34-36-38/h4-8,10-14,22,27-28H,3,9H2,1-2H3/t22-/m0/s1. The lowest BCUT2D eigenvalue weighted by molar-refractivity contribution is -0.121. The van der Waals surface area contributed by atoms with Gasteiger partial charge in [-0.2, -0.15) is 13.9 Å². The summed E-state index contributed by atoms with van der Waals surface area (Å²) in [6.07, 6.45) is 1.10. The summed E-state index contributed by atoms with van der Waals surface area (Å²) in [7, 11) is 1.39. The number of methoxy groups -OCH3 is 1. The summed E-state index contributed by atoms with van der Waals surface area (Å²) in [5.74, 6) is -0.0556. The number of aromatic nitrogens is 6. The molecule has 0 spiro atoms. The number of halogens is 5. The monoisotopic (exact) mass is 602 g/mol. The fourth-order valence-corrected chi connectivity index (χ4v) is 4.94.